The van der Waals surface area contributed by atoms with Crippen molar-refractivity contribution in [1.29, 1.82) is 0 Å². The summed E-state index contributed by atoms with van der Waals surface area (Å²) in [5.74, 6) is 0.253. The first-order valence-corrected chi connectivity index (χ1v) is 7.55. The molecule has 1 amide bonds. The van der Waals surface area contributed by atoms with E-state index >= 15 is 0 Å². The molecule has 0 saturated carbocycles. The van der Waals surface area contributed by atoms with Crippen LogP contribution in [-0.4, -0.2) is 42.2 Å². The minimum Gasteiger partial charge on any atom is -0.340 e. The molecule has 0 aliphatic carbocycles. The molecular formula is C14H23F3N2O. The first-order valence-electron chi connectivity index (χ1n) is 7.55. The Labute approximate surface area is 117 Å². The van der Waals surface area contributed by atoms with Crippen LogP contribution in [0.5, 0.6) is 0 Å². The summed E-state index contributed by atoms with van der Waals surface area (Å²) in [4.78, 5) is 13.9. The van der Waals surface area contributed by atoms with Gasteiger partial charge < -0.3 is 10.2 Å². The van der Waals surface area contributed by atoms with E-state index in [2.05, 4.69) is 5.32 Å². The molecule has 0 aromatic rings. The number of carbonyl (C=O) groups excluding carboxylic acids is 1. The van der Waals surface area contributed by atoms with Crippen molar-refractivity contribution >= 4 is 5.91 Å². The largest absolute Gasteiger partial charge is 0.389 e. The summed E-state index contributed by atoms with van der Waals surface area (Å²) in [6.45, 7) is 1.26. The number of rotatable bonds is 4. The van der Waals surface area contributed by atoms with Gasteiger partial charge in [0.05, 0.1) is 0 Å². The van der Waals surface area contributed by atoms with E-state index in [1.807, 2.05) is 4.90 Å². The average Bonchev–Trinajstić information content (AvgIpc) is 2.78. The van der Waals surface area contributed by atoms with Gasteiger partial charge >= 0.3 is 6.18 Å². The van der Waals surface area contributed by atoms with Crippen LogP contribution < -0.4 is 5.32 Å². The van der Waals surface area contributed by atoms with Crippen LogP contribution in [0.4, 0.5) is 13.2 Å². The summed E-state index contributed by atoms with van der Waals surface area (Å²) >= 11 is 0. The first-order chi connectivity index (χ1) is 9.46. The van der Waals surface area contributed by atoms with Crippen LogP contribution in [0, 0.1) is 0 Å². The molecule has 2 saturated heterocycles. The molecule has 116 valence electrons. The summed E-state index contributed by atoms with van der Waals surface area (Å²) in [6, 6.07) is 0.546. The van der Waals surface area contributed by atoms with Gasteiger partial charge in [-0.15, -0.1) is 0 Å². The van der Waals surface area contributed by atoms with Gasteiger partial charge in [-0.25, -0.2) is 0 Å². The Balaban J connectivity index is 1.76. The molecule has 2 fully saturated rings. The van der Waals surface area contributed by atoms with Crippen molar-refractivity contribution in [3.63, 3.8) is 0 Å². The summed E-state index contributed by atoms with van der Waals surface area (Å²) in [5, 5.41) is 3.25. The molecule has 0 bridgehead atoms. The molecule has 2 heterocycles. The topological polar surface area (TPSA) is 32.3 Å². The van der Waals surface area contributed by atoms with Gasteiger partial charge in [0.15, 0.2) is 0 Å². The van der Waals surface area contributed by atoms with Crippen LogP contribution in [-0.2, 0) is 4.79 Å². The second-order valence-electron chi connectivity index (χ2n) is 5.88. The standard InChI is InChI=1S/C14H23F3N2O/c15-14(16,17)7-3-8-18-11-4-1-6-13(20)19-9-2-5-12(19)10-11/h11-12,18H,1-10H2/t11?,12-/m1/s1. The number of amides is 1. The molecule has 1 unspecified atom stereocenters. The zero-order valence-electron chi connectivity index (χ0n) is 11.7. The zero-order valence-corrected chi connectivity index (χ0v) is 11.7. The van der Waals surface area contributed by atoms with Gasteiger partial charge in [0, 0.05) is 31.5 Å². The van der Waals surface area contributed by atoms with Gasteiger partial charge in [0.25, 0.3) is 0 Å². The second kappa shape index (κ2) is 6.78. The third-order valence-corrected chi connectivity index (χ3v) is 4.27. The van der Waals surface area contributed by atoms with Crippen molar-refractivity contribution in [2.24, 2.45) is 0 Å². The van der Waals surface area contributed by atoms with Crippen molar-refractivity contribution < 1.29 is 18.0 Å². The summed E-state index contributed by atoms with van der Waals surface area (Å²) in [5.41, 5.74) is 0. The van der Waals surface area contributed by atoms with Crippen LogP contribution in [0.1, 0.15) is 51.4 Å². The predicted octanol–water partition coefficient (Wildman–Crippen LogP) is 2.85. The minimum absolute atomic E-state index is 0.132. The molecule has 1 N–H and O–H groups in total. The lowest BCUT2D eigenvalue weighted by Gasteiger charge is -2.31. The number of carbonyl (C=O) groups is 1. The lowest BCUT2D eigenvalue weighted by atomic mass is 9.97. The number of nitrogens with zero attached hydrogens (tertiary/aromatic N) is 1. The Bertz CT molecular complexity index is 333. The van der Waals surface area contributed by atoms with E-state index in [9.17, 15) is 18.0 Å². The second-order valence-corrected chi connectivity index (χ2v) is 5.88. The maximum atomic E-state index is 12.1. The van der Waals surface area contributed by atoms with E-state index in [4.69, 9.17) is 0 Å². The quantitative estimate of drug-likeness (QED) is 0.808. The van der Waals surface area contributed by atoms with Gasteiger partial charge in [-0.05, 0) is 45.1 Å². The third kappa shape index (κ3) is 4.65. The molecule has 0 aromatic heterocycles. The summed E-state index contributed by atoms with van der Waals surface area (Å²) in [6.07, 6.45) is 0.630. The molecule has 0 spiro atoms. The van der Waals surface area contributed by atoms with Crippen molar-refractivity contribution in [1.82, 2.24) is 10.2 Å². The lowest BCUT2D eigenvalue weighted by Crippen LogP contribution is -2.43. The highest BCUT2D eigenvalue weighted by Crippen LogP contribution is 2.27. The number of halogens is 3. The number of nitrogens with one attached hydrogen (secondary N) is 1. The van der Waals surface area contributed by atoms with Gasteiger partial charge in [-0.1, -0.05) is 0 Å². The predicted molar refractivity (Wildman–Crippen MR) is 70.3 cm³/mol. The minimum atomic E-state index is -4.06. The normalized spacial score (nSPS) is 28.1. The molecule has 2 aliphatic heterocycles. The van der Waals surface area contributed by atoms with E-state index in [0.717, 1.165) is 38.6 Å². The molecule has 2 rings (SSSR count). The monoisotopic (exact) mass is 292 g/mol. The highest BCUT2D eigenvalue weighted by atomic mass is 19.4. The Morgan fingerprint density at radius 1 is 1.25 bits per heavy atom. The molecule has 2 atom stereocenters. The van der Waals surface area contributed by atoms with E-state index in [-0.39, 0.29) is 18.4 Å². The van der Waals surface area contributed by atoms with Crippen molar-refractivity contribution in [2.75, 3.05) is 13.1 Å². The Hall–Kier alpha value is -0.780. The van der Waals surface area contributed by atoms with Gasteiger partial charge in [0.2, 0.25) is 5.91 Å². The first kappa shape index (κ1) is 15.6. The molecule has 20 heavy (non-hydrogen) atoms. The molecule has 2 aliphatic rings. The van der Waals surface area contributed by atoms with E-state index in [1.165, 1.54) is 0 Å². The Morgan fingerprint density at radius 3 is 2.80 bits per heavy atom. The van der Waals surface area contributed by atoms with Crippen molar-refractivity contribution in [3.8, 4) is 0 Å². The average molecular weight is 292 g/mol. The summed E-state index contributed by atoms with van der Waals surface area (Å²) < 4.78 is 36.3. The molecule has 3 nitrogen and oxygen atoms in total. The van der Waals surface area contributed by atoms with Gasteiger partial charge in [0.1, 0.15) is 0 Å². The summed E-state index contributed by atoms with van der Waals surface area (Å²) in [7, 11) is 0. The SMILES string of the molecule is O=C1CCCC(NCCCC(F)(F)F)C[C@H]2CCCN12. The highest BCUT2D eigenvalue weighted by Gasteiger charge is 2.32. The third-order valence-electron chi connectivity index (χ3n) is 4.27. The number of hydrogen-bond donors (Lipinski definition) is 1. The van der Waals surface area contributed by atoms with Crippen LogP contribution in [0.2, 0.25) is 0 Å². The van der Waals surface area contributed by atoms with Gasteiger partial charge in [-0.3, -0.25) is 4.79 Å². The fourth-order valence-corrected chi connectivity index (χ4v) is 3.28. The maximum absolute atomic E-state index is 12.1. The van der Waals surface area contributed by atoms with Crippen molar-refractivity contribution in [2.45, 2.75) is 69.6 Å². The zero-order chi connectivity index (χ0) is 14.6. The smallest absolute Gasteiger partial charge is 0.340 e. The fourth-order valence-electron chi connectivity index (χ4n) is 3.28. The van der Waals surface area contributed by atoms with Crippen molar-refractivity contribution in [3.05, 3.63) is 0 Å². The van der Waals surface area contributed by atoms with Gasteiger partial charge in [-0.2, -0.15) is 13.2 Å². The molecule has 0 aromatic carbocycles. The van der Waals surface area contributed by atoms with Crippen LogP contribution in [0.3, 0.4) is 0 Å². The fraction of sp³-hybridized carbons (Fsp3) is 0.929. The Morgan fingerprint density at radius 2 is 2.05 bits per heavy atom. The van der Waals surface area contributed by atoms with Crippen LogP contribution in [0.15, 0.2) is 0 Å². The molecule has 6 heteroatoms. The number of fused-ring (bicyclic) bond motifs is 1. The molecular weight excluding hydrogens is 269 g/mol. The van der Waals surface area contributed by atoms with E-state index < -0.39 is 12.6 Å². The Kier molecular flexibility index (Phi) is 5.29. The number of hydrogen-bond acceptors (Lipinski definition) is 2. The molecule has 0 radical (unpaired) electrons. The van der Waals surface area contributed by atoms with E-state index in [0.29, 0.717) is 19.0 Å². The number of alkyl halides is 3. The van der Waals surface area contributed by atoms with Crippen LogP contribution in [0.25, 0.3) is 0 Å². The lowest BCUT2D eigenvalue weighted by molar-refractivity contribution is -0.136. The highest BCUT2D eigenvalue weighted by molar-refractivity contribution is 5.76. The maximum Gasteiger partial charge on any atom is 0.389 e. The van der Waals surface area contributed by atoms with Crippen LogP contribution >= 0.6 is 0 Å². The van der Waals surface area contributed by atoms with E-state index in [1.54, 1.807) is 0 Å².